The molecule has 0 unspecified atom stereocenters. The van der Waals surface area contributed by atoms with Crippen LogP contribution < -0.4 is 0 Å². The minimum atomic E-state index is -0.379. The number of phenols is 2. The van der Waals surface area contributed by atoms with Crippen LogP contribution in [0, 0.1) is 0 Å². The number of carbonyl (C=O) groups excluding carboxylic acids is 1. The molecule has 0 aliphatic rings. The molecule has 1 rings (SSSR count). The quantitative estimate of drug-likeness (QED) is 0.0587. The molecule has 0 aromatic heterocycles. The summed E-state index contributed by atoms with van der Waals surface area (Å²) in [5, 5.41) is 18.8. The standard InChI is InChI=1S/C33H56O4/c1-2-3-4-5-6-7-8-9-10-11-12-13-14-15-16-17-18-19-20-21-22-23-28-37-33(36)27-25-30-24-26-31(34)32(35)29-30/h24-27,29,34-35H,2-23,28H2,1H3/b27-25+. The summed E-state index contributed by atoms with van der Waals surface area (Å²) >= 11 is 0. The number of phenolic OH excluding ortho intramolecular Hbond substituents is 2. The SMILES string of the molecule is CCCCCCCCCCCCCCCCCCCCCCCCOC(=O)/C=C/c1ccc(O)c(O)c1. The lowest BCUT2D eigenvalue weighted by atomic mass is 10.0. The number of benzene rings is 1. The predicted octanol–water partition coefficient (Wildman–Crippen LogP) is 10.3. The Labute approximate surface area is 227 Å². The first-order valence-electron chi connectivity index (χ1n) is 15.5. The van der Waals surface area contributed by atoms with E-state index in [0.717, 1.165) is 12.8 Å². The van der Waals surface area contributed by atoms with Crippen LogP contribution in [0.15, 0.2) is 24.3 Å². The molecule has 0 saturated carbocycles. The highest BCUT2D eigenvalue weighted by Gasteiger charge is 2.01. The first-order valence-corrected chi connectivity index (χ1v) is 15.5. The molecule has 4 nitrogen and oxygen atoms in total. The second-order valence-corrected chi connectivity index (χ2v) is 10.7. The molecule has 37 heavy (non-hydrogen) atoms. The van der Waals surface area contributed by atoms with Gasteiger partial charge >= 0.3 is 5.97 Å². The molecule has 1 aromatic rings. The number of esters is 1. The highest BCUT2D eigenvalue weighted by Crippen LogP contribution is 2.25. The summed E-state index contributed by atoms with van der Waals surface area (Å²) in [6.45, 7) is 2.73. The van der Waals surface area contributed by atoms with Gasteiger partial charge in [-0.3, -0.25) is 0 Å². The van der Waals surface area contributed by atoms with Crippen LogP contribution in [0.2, 0.25) is 0 Å². The van der Waals surface area contributed by atoms with Crippen LogP contribution in [-0.2, 0) is 9.53 Å². The third-order valence-corrected chi connectivity index (χ3v) is 7.15. The minimum absolute atomic E-state index is 0.176. The van der Waals surface area contributed by atoms with Crippen molar-refractivity contribution < 1.29 is 19.7 Å². The van der Waals surface area contributed by atoms with Gasteiger partial charge in [-0.15, -0.1) is 0 Å². The maximum atomic E-state index is 11.8. The molecule has 0 radical (unpaired) electrons. The summed E-state index contributed by atoms with van der Waals surface area (Å²) in [4.78, 5) is 11.8. The van der Waals surface area contributed by atoms with Crippen molar-refractivity contribution in [3.05, 3.63) is 29.8 Å². The Morgan fingerprint density at radius 2 is 1.03 bits per heavy atom. The Morgan fingerprint density at radius 3 is 1.43 bits per heavy atom. The van der Waals surface area contributed by atoms with Crippen LogP contribution in [0.1, 0.15) is 154 Å². The number of hydrogen-bond acceptors (Lipinski definition) is 4. The molecule has 0 amide bonds. The number of aromatic hydroxyl groups is 2. The van der Waals surface area contributed by atoms with Crippen LogP contribution in [0.3, 0.4) is 0 Å². The molecule has 0 aliphatic carbocycles. The molecule has 0 atom stereocenters. The highest BCUT2D eigenvalue weighted by molar-refractivity contribution is 5.87. The van der Waals surface area contributed by atoms with Gasteiger partial charge in [0, 0.05) is 6.08 Å². The molecule has 1 aromatic carbocycles. The first-order chi connectivity index (χ1) is 18.1. The van der Waals surface area contributed by atoms with Crippen molar-refractivity contribution in [2.24, 2.45) is 0 Å². The lowest BCUT2D eigenvalue weighted by Crippen LogP contribution is -2.02. The van der Waals surface area contributed by atoms with Crippen LogP contribution >= 0.6 is 0 Å². The molecular weight excluding hydrogens is 460 g/mol. The van der Waals surface area contributed by atoms with E-state index in [-0.39, 0.29) is 17.5 Å². The molecule has 4 heteroatoms. The maximum Gasteiger partial charge on any atom is 0.330 e. The summed E-state index contributed by atoms with van der Waals surface area (Å²) in [5.74, 6) is -0.758. The van der Waals surface area contributed by atoms with E-state index in [4.69, 9.17) is 4.74 Å². The van der Waals surface area contributed by atoms with Crippen molar-refractivity contribution in [1.29, 1.82) is 0 Å². The molecule has 2 N–H and O–H groups in total. The predicted molar refractivity (Wildman–Crippen MR) is 157 cm³/mol. The summed E-state index contributed by atoms with van der Waals surface area (Å²) in [6.07, 6.45) is 32.9. The third kappa shape index (κ3) is 20.7. The molecule has 0 saturated heterocycles. The zero-order valence-electron chi connectivity index (χ0n) is 23.9. The summed E-state index contributed by atoms with van der Waals surface area (Å²) < 4.78 is 5.22. The second kappa shape index (κ2) is 24.4. The highest BCUT2D eigenvalue weighted by atomic mass is 16.5. The number of rotatable bonds is 25. The monoisotopic (exact) mass is 516 g/mol. The molecule has 0 spiro atoms. The minimum Gasteiger partial charge on any atom is -0.504 e. The Hall–Kier alpha value is -1.97. The molecular formula is C33H56O4. The van der Waals surface area contributed by atoms with E-state index in [0.29, 0.717) is 12.2 Å². The van der Waals surface area contributed by atoms with Crippen LogP contribution in [0.25, 0.3) is 6.08 Å². The van der Waals surface area contributed by atoms with Gasteiger partial charge in [-0.05, 0) is 30.2 Å². The maximum absolute atomic E-state index is 11.8. The topological polar surface area (TPSA) is 66.8 Å². The molecule has 212 valence electrons. The normalized spacial score (nSPS) is 11.4. The van der Waals surface area contributed by atoms with E-state index in [1.54, 1.807) is 12.1 Å². The van der Waals surface area contributed by atoms with Gasteiger partial charge in [-0.25, -0.2) is 4.79 Å². The third-order valence-electron chi connectivity index (χ3n) is 7.15. The molecule has 0 bridgehead atoms. The van der Waals surface area contributed by atoms with Crippen LogP contribution in [0.4, 0.5) is 0 Å². The molecule has 0 heterocycles. The van der Waals surface area contributed by atoms with Crippen molar-refractivity contribution in [3.8, 4) is 11.5 Å². The van der Waals surface area contributed by atoms with Gasteiger partial charge < -0.3 is 14.9 Å². The van der Waals surface area contributed by atoms with E-state index >= 15 is 0 Å². The van der Waals surface area contributed by atoms with Crippen LogP contribution in [0.5, 0.6) is 11.5 Å². The number of ether oxygens (including phenoxy) is 1. The van der Waals surface area contributed by atoms with Gasteiger partial charge in [0.2, 0.25) is 0 Å². The Morgan fingerprint density at radius 1 is 0.622 bits per heavy atom. The van der Waals surface area contributed by atoms with Gasteiger partial charge in [0.1, 0.15) is 0 Å². The Bertz CT molecular complexity index is 698. The summed E-state index contributed by atoms with van der Waals surface area (Å²) in [6, 6.07) is 4.42. The van der Waals surface area contributed by atoms with Gasteiger partial charge in [0.25, 0.3) is 0 Å². The number of carbonyl (C=O) groups is 1. The summed E-state index contributed by atoms with van der Waals surface area (Å²) in [7, 11) is 0. The number of unbranched alkanes of at least 4 members (excludes halogenated alkanes) is 21. The molecule has 0 fully saturated rings. The van der Waals surface area contributed by atoms with Crippen LogP contribution in [-0.4, -0.2) is 22.8 Å². The fourth-order valence-electron chi connectivity index (χ4n) is 4.74. The van der Waals surface area contributed by atoms with Gasteiger partial charge in [0.15, 0.2) is 11.5 Å². The Balaban J connectivity index is 1.76. The van der Waals surface area contributed by atoms with E-state index in [9.17, 15) is 15.0 Å². The largest absolute Gasteiger partial charge is 0.504 e. The van der Waals surface area contributed by atoms with Crippen molar-refractivity contribution in [1.82, 2.24) is 0 Å². The van der Waals surface area contributed by atoms with E-state index < -0.39 is 0 Å². The van der Waals surface area contributed by atoms with Crippen molar-refractivity contribution in [3.63, 3.8) is 0 Å². The lowest BCUT2D eigenvalue weighted by molar-refractivity contribution is -0.137. The van der Waals surface area contributed by atoms with Gasteiger partial charge in [0.05, 0.1) is 6.61 Å². The number of hydrogen-bond donors (Lipinski definition) is 2. The lowest BCUT2D eigenvalue weighted by Gasteiger charge is -2.04. The van der Waals surface area contributed by atoms with E-state index in [2.05, 4.69) is 6.92 Å². The zero-order valence-corrected chi connectivity index (χ0v) is 23.9. The fourth-order valence-corrected chi connectivity index (χ4v) is 4.74. The smallest absolute Gasteiger partial charge is 0.330 e. The molecule has 0 aliphatic heterocycles. The van der Waals surface area contributed by atoms with E-state index in [1.807, 2.05) is 0 Å². The first kappa shape index (κ1) is 33.1. The van der Waals surface area contributed by atoms with Gasteiger partial charge in [-0.2, -0.15) is 0 Å². The summed E-state index contributed by atoms with van der Waals surface area (Å²) in [5.41, 5.74) is 0.636. The van der Waals surface area contributed by atoms with E-state index in [1.165, 1.54) is 147 Å². The second-order valence-electron chi connectivity index (χ2n) is 10.7. The van der Waals surface area contributed by atoms with Gasteiger partial charge in [-0.1, -0.05) is 148 Å². The van der Waals surface area contributed by atoms with Crippen molar-refractivity contribution in [2.75, 3.05) is 6.61 Å². The van der Waals surface area contributed by atoms with Crippen molar-refractivity contribution >= 4 is 12.0 Å². The fraction of sp³-hybridized carbons (Fsp3) is 0.727. The zero-order chi connectivity index (χ0) is 26.8. The van der Waals surface area contributed by atoms with Crippen molar-refractivity contribution in [2.45, 2.75) is 148 Å². The average Bonchev–Trinajstić information content (AvgIpc) is 2.89. The Kier molecular flexibility index (Phi) is 21.8. The average molecular weight is 517 g/mol.